The first kappa shape index (κ1) is 91.1. The zero-order chi connectivity index (χ0) is 68.9. The van der Waals surface area contributed by atoms with Crippen LogP contribution in [0.3, 0.4) is 0 Å². The van der Waals surface area contributed by atoms with Crippen molar-refractivity contribution in [2.75, 3.05) is 39.6 Å². The molecule has 0 saturated heterocycles. The van der Waals surface area contributed by atoms with Crippen molar-refractivity contribution in [1.29, 1.82) is 0 Å². The van der Waals surface area contributed by atoms with E-state index in [1.165, 1.54) is 167 Å². The quantitative estimate of drug-likeness (QED) is 0.0222. The second-order valence-corrected chi connectivity index (χ2v) is 31.5. The van der Waals surface area contributed by atoms with E-state index >= 15 is 0 Å². The fourth-order valence-corrected chi connectivity index (χ4v) is 12.8. The van der Waals surface area contributed by atoms with Crippen molar-refractivity contribution in [3.8, 4) is 0 Å². The zero-order valence-corrected chi connectivity index (χ0v) is 62.7. The number of unbranched alkanes of at least 4 members (excludes halogenated alkanes) is 37. The number of hydrogen-bond acceptors (Lipinski definition) is 15. The summed E-state index contributed by atoms with van der Waals surface area (Å²) in [5.74, 6) is 0.874. The molecule has 3 N–H and O–H groups in total. The predicted octanol–water partition coefficient (Wildman–Crippen LogP) is 21.3. The largest absolute Gasteiger partial charge is 0.472 e. The molecule has 93 heavy (non-hydrogen) atoms. The van der Waals surface area contributed by atoms with Gasteiger partial charge in [-0.25, -0.2) is 9.13 Å². The number of hydrogen-bond donors (Lipinski definition) is 3. The molecule has 0 rings (SSSR count). The van der Waals surface area contributed by atoms with Crippen molar-refractivity contribution < 1.29 is 80.2 Å². The van der Waals surface area contributed by atoms with Gasteiger partial charge in [-0.3, -0.25) is 37.3 Å². The molecule has 0 aliphatic rings. The highest BCUT2D eigenvalue weighted by Gasteiger charge is 2.30. The Morgan fingerprint density at radius 2 is 0.452 bits per heavy atom. The molecule has 0 aromatic carbocycles. The summed E-state index contributed by atoms with van der Waals surface area (Å²) in [5.41, 5.74) is 0. The minimum Gasteiger partial charge on any atom is -0.462 e. The highest BCUT2D eigenvalue weighted by atomic mass is 31.2. The van der Waals surface area contributed by atoms with Gasteiger partial charge < -0.3 is 33.8 Å². The summed E-state index contributed by atoms with van der Waals surface area (Å²) in [7, 11) is -9.91. The molecule has 0 aliphatic carbocycles. The number of ether oxygens (including phenoxy) is 4. The van der Waals surface area contributed by atoms with Crippen LogP contribution in [0.15, 0.2) is 0 Å². The molecule has 0 saturated carbocycles. The van der Waals surface area contributed by atoms with Gasteiger partial charge in [-0.2, -0.15) is 0 Å². The molecule has 0 spiro atoms. The van der Waals surface area contributed by atoms with Crippen molar-refractivity contribution in [1.82, 2.24) is 0 Å². The maximum absolute atomic E-state index is 13.0. The van der Waals surface area contributed by atoms with Gasteiger partial charge in [0.1, 0.15) is 19.3 Å². The van der Waals surface area contributed by atoms with Crippen molar-refractivity contribution in [3.05, 3.63) is 0 Å². The van der Waals surface area contributed by atoms with Crippen LogP contribution in [0, 0.1) is 23.7 Å². The maximum atomic E-state index is 13.0. The van der Waals surface area contributed by atoms with Gasteiger partial charge in [-0.15, -0.1) is 0 Å². The van der Waals surface area contributed by atoms with Crippen LogP contribution in [0.5, 0.6) is 0 Å². The van der Waals surface area contributed by atoms with Crippen LogP contribution in [-0.2, 0) is 65.4 Å². The fraction of sp³-hybridized carbons (Fsp3) is 0.946. The van der Waals surface area contributed by atoms with Gasteiger partial charge in [0.15, 0.2) is 12.2 Å². The summed E-state index contributed by atoms with van der Waals surface area (Å²) < 4.78 is 68.4. The van der Waals surface area contributed by atoms with Gasteiger partial charge in [0.05, 0.1) is 26.4 Å². The van der Waals surface area contributed by atoms with Crippen LogP contribution in [0.2, 0.25) is 0 Å². The van der Waals surface area contributed by atoms with Gasteiger partial charge in [-0.05, 0) is 49.4 Å². The van der Waals surface area contributed by atoms with E-state index in [-0.39, 0.29) is 25.7 Å². The normalized spacial score (nSPS) is 14.2. The van der Waals surface area contributed by atoms with Crippen molar-refractivity contribution in [2.45, 2.75) is 388 Å². The SMILES string of the molecule is CC(C)CCCCCCCCCCCCCCCCCC(=O)O[C@H](COC(=O)CCCCCCCCCC(C)C)COP(=O)(O)OCC(O)COP(=O)(O)OC[C@@H](COC(=O)CCCCCCCCCCC(C)C)OC(=O)CCCCCCCCCCCCCC(C)C. The van der Waals surface area contributed by atoms with Crippen LogP contribution in [0.4, 0.5) is 0 Å². The van der Waals surface area contributed by atoms with E-state index < -0.39 is 97.5 Å². The summed E-state index contributed by atoms with van der Waals surface area (Å²) in [5, 5.41) is 10.6. The molecule has 0 aliphatic heterocycles. The van der Waals surface area contributed by atoms with Crippen LogP contribution in [0.25, 0.3) is 0 Å². The lowest BCUT2D eigenvalue weighted by atomic mass is 10.0. The van der Waals surface area contributed by atoms with Gasteiger partial charge in [0, 0.05) is 25.7 Å². The van der Waals surface area contributed by atoms with Gasteiger partial charge in [0.25, 0.3) is 0 Å². The fourth-order valence-electron chi connectivity index (χ4n) is 11.2. The molecular formula is C74H144O17P2. The Bertz CT molecular complexity index is 1830. The Hall–Kier alpha value is -1.94. The van der Waals surface area contributed by atoms with E-state index in [2.05, 4.69) is 55.4 Å². The third-order valence-electron chi connectivity index (χ3n) is 17.1. The smallest absolute Gasteiger partial charge is 0.462 e. The lowest BCUT2D eigenvalue weighted by molar-refractivity contribution is -0.161. The molecule has 0 radical (unpaired) electrons. The second-order valence-electron chi connectivity index (χ2n) is 28.6. The number of phosphoric ester groups is 2. The summed E-state index contributed by atoms with van der Waals surface area (Å²) in [6.07, 6.45) is 47.3. The maximum Gasteiger partial charge on any atom is 0.472 e. The predicted molar refractivity (Wildman–Crippen MR) is 377 cm³/mol. The molecule has 3 unspecified atom stereocenters. The lowest BCUT2D eigenvalue weighted by Gasteiger charge is -2.21. The Labute approximate surface area is 568 Å². The van der Waals surface area contributed by atoms with Crippen LogP contribution in [0.1, 0.15) is 370 Å². The lowest BCUT2D eigenvalue weighted by Crippen LogP contribution is -2.30. The highest BCUT2D eigenvalue weighted by Crippen LogP contribution is 2.45. The monoisotopic (exact) mass is 1370 g/mol. The van der Waals surface area contributed by atoms with Crippen LogP contribution < -0.4 is 0 Å². The molecule has 0 bridgehead atoms. The van der Waals surface area contributed by atoms with E-state index in [1.54, 1.807) is 0 Å². The Balaban J connectivity index is 5.23. The number of aliphatic hydroxyl groups is 1. The first-order valence-electron chi connectivity index (χ1n) is 38.2. The highest BCUT2D eigenvalue weighted by molar-refractivity contribution is 7.47. The average Bonchev–Trinajstić information content (AvgIpc) is 3.64. The number of carbonyl (C=O) groups excluding carboxylic acids is 4. The summed E-state index contributed by atoms with van der Waals surface area (Å²) >= 11 is 0. The number of phosphoric acid groups is 2. The van der Waals surface area contributed by atoms with E-state index in [9.17, 15) is 43.2 Å². The molecule has 0 aromatic rings. The number of rotatable bonds is 71. The Kier molecular flexibility index (Phi) is 62.2. The van der Waals surface area contributed by atoms with E-state index in [1.807, 2.05) is 0 Å². The second kappa shape index (κ2) is 63.5. The average molecular weight is 1370 g/mol. The molecular weight excluding hydrogens is 1220 g/mol. The summed E-state index contributed by atoms with van der Waals surface area (Å²) in [4.78, 5) is 72.7. The Morgan fingerprint density at radius 3 is 0.667 bits per heavy atom. The third-order valence-corrected chi connectivity index (χ3v) is 19.0. The topological polar surface area (TPSA) is 237 Å². The standard InChI is InChI=1S/C74H144O17P2/c1-64(2)50-42-34-26-19-15-12-10-9-11-13-17-21-31-40-48-56-73(78)91-70(61-85-72(77)55-47-39-33-25-29-37-45-53-67(7)8)63-89-93(82,83)87-59-68(75)58-86-92(80,81)88-62-69(60-84-71(76)54-46-38-30-24-23-28-36-44-52-66(5)6)90-74(79)57-49-41-32-22-18-14-16-20-27-35-43-51-65(3)4/h64-70,75H,9-63H2,1-8H3,(H,80,81)(H,82,83)/t68?,69-,70-/m1/s1. The minimum atomic E-state index is -4.96. The van der Waals surface area contributed by atoms with E-state index in [0.29, 0.717) is 31.6 Å². The third kappa shape index (κ3) is 68.4. The van der Waals surface area contributed by atoms with Crippen molar-refractivity contribution in [2.24, 2.45) is 23.7 Å². The van der Waals surface area contributed by atoms with Crippen molar-refractivity contribution >= 4 is 39.5 Å². The minimum absolute atomic E-state index is 0.105. The molecule has 0 heterocycles. The summed E-state index contributed by atoms with van der Waals surface area (Å²) in [6, 6.07) is 0. The van der Waals surface area contributed by atoms with E-state index in [0.717, 1.165) is 114 Å². The van der Waals surface area contributed by atoms with Gasteiger partial charge in [0.2, 0.25) is 0 Å². The molecule has 17 nitrogen and oxygen atoms in total. The molecule has 0 fully saturated rings. The number of aliphatic hydroxyl groups excluding tert-OH is 1. The molecule has 19 heteroatoms. The molecule has 0 amide bonds. The first-order valence-corrected chi connectivity index (χ1v) is 41.2. The van der Waals surface area contributed by atoms with Crippen LogP contribution >= 0.6 is 15.6 Å². The number of esters is 4. The summed E-state index contributed by atoms with van der Waals surface area (Å²) in [6.45, 7) is 14.1. The van der Waals surface area contributed by atoms with Gasteiger partial charge in [-0.1, -0.05) is 319 Å². The van der Waals surface area contributed by atoms with E-state index in [4.69, 9.17) is 37.0 Å². The van der Waals surface area contributed by atoms with Gasteiger partial charge >= 0.3 is 39.5 Å². The molecule has 5 atom stereocenters. The molecule has 552 valence electrons. The van der Waals surface area contributed by atoms with Crippen LogP contribution in [-0.4, -0.2) is 96.7 Å². The first-order chi connectivity index (χ1) is 44.6. The van der Waals surface area contributed by atoms with Crippen molar-refractivity contribution in [3.63, 3.8) is 0 Å². The zero-order valence-electron chi connectivity index (χ0n) is 60.9. The molecule has 0 aromatic heterocycles. The Morgan fingerprint density at radius 1 is 0.269 bits per heavy atom. The number of carbonyl (C=O) groups is 4.